The standard InChI is InChI=1S/C23H27FN2O3/c1-14-18(12-28-20-5-3-2-4-19(20)24)21(26-29-14)22(27)25-13-23-9-15-6-16(10-23)8-17(7-15)11-23/h2-5,15-17H,6-13H2,1H3,(H,25,27). The predicted octanol–water partition coefficient (Wildman–Crippen LogP) is 4.65. The van der Waals surface area contributed by atoms with Crippen LogP contribution in [0.4, 0.5) is 4.39 Å². The van der Waals surface area contributed by atoms with Gasteiger partial charge in [0.15, 0.2) is 17.3 Å². The van der Waals surface area contributed by atoms with Gasteiger partial charge in [-0.15, -0.1) is 0 Å². The molecule has 29 heavy (non-hydrogen) atoms. The summed E-state index contributed by atoms with van der Waals surface area (Å²) in [4.78, 5) is 12.9. The highest BCUT2D eigenvalue weighted by Crippen LogP contribution is 2.59. The average Bonchev–Trinajstić information content (AvgIpc) is 3.05. The Morgan fingerprint density at radius 3 is 2.52 bits per heavy atom. The molecule has 154 valence electrons. The molecule has 4 fully saturated rings. The van der Waals surface area contributed by atoms with Crippen LogP contribution >= 0.6 is 0 Å². The molecule has 1 N–H and O–H groups in total. The summed E-state index contributed by atoms with van der Waals surface area (Å²) in [6.07, 6.45) is 7.86. The molecular weight excluding hydrogens is 371 g/mol. The molecule has 4 saturated carbocycles. The molecule has 4 aliphatic rings. The smallest absolute Gasteiger partial charge is 0.273 e. The third-order valence-corrected chi connectivity index (χ3v) is 7.20. The third kappa shape index (κ3) is 3.53. The van der Waals surface area contributed by atoms with Crippen LogP contribution in [0.2, 0.25) is 0 Å². The zero-order valence-corrected chi connectivity index (χ0v) is 16.7. The van der Waals surface area contributed by atoms with Crippen LogP contribution in [0.15, 0.2) is 28.8 Å². The molecule has 4 bridgehead atoms. The maximum Gasteiger partial charge on any atom is 0.273 e. The second-order valence-corrected chi connectivity index (χ2v) is 9.39. The monoisotopic (exact) mass is 398 g/mol. The van der Waals surface area contributed by atoms with Gasteiger partial charge in [-0.3, -0.25) is 4.79 Å². The van der Waals surface area contributed by atoms with Crippen LogP contribution in [0, 0.1) is 35.9 Å². The number of hydrogen-bond acceptors (Lipinski definition) is 4. The molecule has 6 rings (SSSR count). The van der Waals surface area contributed by atoms with Gasteiger partial charge >= 0.3 is 0 Å². The van der Waals surface area contributed by atoms with E-state index in [1.807, 2.05) is 0 Å². The highest BCUT2D eigenvalue weighted by molar-refractivity contribution is 5.93. The number of para-hydroxylation sites is 1. The molecule has 0 unspecified atom stereocenters. The number of rotatable bonds is 6. The summed E-state index contributed by atoms with van der Waals surface area (Å²) in [5.74, 6) is 2.53. The summed E-state index contributed by atoms with van der Waals surface area (Å²) in [6, 6.07) is 6.22. The van der Waals surface area contributed by atoms with E-state index in [1.165, 1.54) is 44.6 Å². The van der Waals surface area contributed by atoms with Crippen molar-refractivity contribution in [1.29, 1.82) is 0 Å². The lowest BCUT2D eigenvalue weighted by molar-refractivity contribution is -0.0503. The number of nitrogens with one attached hydrogen (secondary N) is 1. The summed E-state index contributed by atoms with van der Waals surface area (Å²) in [5.41, 5.74) is 1.06. The number of aryl methyl sites for hydroxylation is 1. The molecule has 1 aromatic heterocycles. The van der Waals surface area contributed by atoms with Gasteiger partial charge in [-0.25, -0.2) is 4.39 Å². The van der Waals surface area contributed by atoms with E-state index in [1.54, 1.807) is 25.1 Å². The quantitative estimate of drug-likeness (QED) is 0.769. The van der Waals surface area contributed by atoms with Crippen molar-refractivity contribution in [3.8, 4) is 5.75 Å². The number of nitrogens with zero attached hydrogens (tertiary/aromatic N) is 1. The fourth-order valence-corrected chi connectivity index (χ4v) is 6.31. The molecule has 0 spiro atoms. The summed E-state index contributed by atoms with van der Waals surface area (Å²) >= 11 is 0. The average molecular weight is 398 g/mol. The van der Waals surface area contributed by atoms with Gasteiger partial charge < -0.3 is 14.6 Å². The maximum atomic E-state index is 13.8. The van der Waals surface area contributed by atoms with Gasteiger partial charge in [0.2, 0.25) is 0 Å². The van der Waals surface area contributed by atoms with Crippen LogP contribution in [0.25, 0.3) is 0 Å². The first-order valence-electron chi connectivity index (χ1n) is 10.6. The van der Waals surface area contributed by atoms with Gasteiger partial charge in [-0.05, 0) is 80.8 Å². The molecule has 0 radical (unpaired) electrons. The summed E-state index contributed by atoms with van der Waals surface area (Å²) in [6.45, 7) is 2.48. The van der Waals surface area contributed by atoms with Crippen molar-refractivity contribution in [2.45, 2.75) is 52.1 Å². The molecular formula is C23H27FN2O3. The number of benzene rings is 1. The minimum absolute atomic E-state index is 0.0381. The van der Waals surface area contributed by atoms with E-state index in [0.717, 1.165) is 17.8 Å². The Bertz CT molecular complexity index is 887. The molecule has 1 amide bonds. The first-order chi connectivity index (χ1) is 14.0. The number of halogens is 1. The van der Waals surface area contributed by atoms with Crippen LogP contribution in [0.3, 0.4) is 0 Å². The number of aromatic nitrogens is 1. The summed E-state index contributed by atoms with van der Waals surface area (Å²) < 4.78 is 24.6. The highest BCUT2D eigenvalue weighted by atomic mass is 19.1. The van der Waals surface area contributed by atoms with E-state index < -0.39 is 5.82 Å². The van der Waals surface area contributed by atoms with E-state index in [-0.39, 0.29) is 29.4 Å². The number of hydrogen-bond donors (Lipinski definition) is 1. The Hall–Kier alpha value is -2.37. The lowest BCUT2D eigenvalue weighted by Gasteiger charge is -2.56. The highest BCUT2D eigenvalue weighted by Gasteiger charge is 2.50. The summed E-state index contributed by atoms with van der Waals surface area (Å²) in [5, 5.41) is 7.08. The van der Waals surface area contributed by atoms with E-state index in [4.69, 9.17) is 9.26 Å². The first-order valence-corrected chi connectivity index (χ1v) is 10.6. The van der Waals surface area contributed by atoms with Crippen molar-refractivity contribution < 1.29 is 18.4 Å². The molecule has 6 heteroatoms. The Labute approximate surface area is 170 Å². The van der Waals surface area contributed by atoms with Crippen LogP contribution in [-0.2, 0) is 6.61 Å². The minimum Gasteiger partial charge on any atom is -0.486 e. The zero-order valence-electron chi connectivity index (χ0n) is 16.7. The number of ether oxygens (including phenoxy) is 1. The van der Waals surface area contributed by atoms with Crippen molar-refractivity contribution in [2.75, 3.05) is 6.54 Å². The van der Waals surface area contributed by atoms with Crippen molar-refractivity contribution in [1.82, 2.24) is 10.5 Å². The van der Waals surface area contributed by atoms with Gasteiger partial charge in [0.25, 0.3) is 5.91 Å². The van der Waals surface area contributed by atoms with Crippen molar-refractivity contribution in [3.63, 3.8) is 0 Å². The van der Waals surface area contributed by atoms with Crippen LogP contribution in [0.1, 0.15) is 60.3 Å². The third-order valence-electron chi connectivity index (χ3n) is 7.20. The van der Waals surface area contributed by atoms with Gasteiger partial charge in [0.05, 0.1) is 5.56 Å². The Balaban J connectivity index is 1.25. The Morgan fingerprint density at radius 2 is 1.86 bits per heavy atom. The zero-order chi connectivity index (χ0) is 20.0. The second kappa shape index (κ2) is 7.15. The molecule has 5 nitrogen and oxygen atoms in total. The van der Waals surface area contributed by atoms with Crippen molar-refractivity contribution in [3.05, 3.63) is 47.1 Å². The normalized spacial score (nSPS) is 29.8. The van der Waals surface area contributed by atoms with E-state index in [9.17, 15) is 9.18 Å². The predicted molar refractivity (Wildman–Crippen MR) is 105 cm³/mol. The van der Waals surface area contributed by atoms with E-state index in [0.29, 0.717) is 17.9 Å². The van der Waals surface area contributed by atoms with Gasteiger partial charge in [-0.2, -0.15) is 0 Å². The first kappa shape index (κ1) is 18.6. The summed E-state index contributed by atoms with van der Waals surface area (Å²) in [7, 11) is 0. The topological polar surface area (TPSA) is 64.4 Å². The maximum absolute atomic E-state index is 13.8. The van der Waals surface area contributed by atoms with Gasteiger partial charge in [-0.1, -0.05) is 17.3 Å². The molecule has 1 heterocycles. The molecule has 4 aliphatic carbocycles. The van der Waals surface area contributed by atoms with Crippen molar-refractivity contribution >= 4 is 5.91 Å². The van der Waals surface area contributed by atoms with Crippen LogP contribution < -0.4 is 10.1 Å². The number of carbonyl (C=O) groups excluding carboxylic acids is 1. The molecule has 0 atom stereocenters. The Kier molecular flexibility index (Phi) is 4.60. The molecule has 1 aromatic carbocycles. The number of amides is 1. The molecule has 2 aromatic rings. The SMILES string of the molecule is Cc1onc(C(=O)NCC23CC4CC(CC(C4)C2)C3)c1COc1ccccc1F. The second-order valence-electron chi connectivity index (χ2n) is 9.39. The van der Waals surface area contributed by atoms with Gasteiger partial charge in [0, 0.05) is 6.54 Å². The number of carbonyl (C=O) groups is 1. The van der Waals surface area contributed by atoms with Crippen LogP contribution in [-0.4, -0.2) is 17.6 Å². The minimum atomic E-state index is -0.436. The Morgan fingerprint density at radius 1 is 1.21 bits per heavy atom. The van der Waals surface area contributed by atoms with E-state index in [2.05, 4.69) is 10.5 Å². The molecule has 0 aliphatic heterocycles. The van der Waals surface area contributed by atoms with Gasteiger partial charge in [0.1, 0.15) is 12.4 Å². The largest absolute Gasteiger partial charge is 0.486 e. The lowest BCUT2D eigenvalue weighted by Crippen LogP contribution is -2.51. The fourth-order valence-electron chi connectivity index (χ4n) is 6.31. The molecule has 0 saturated heterocycles. The van der Waals surface area contributed by atoms with Crippen molar-refractivity contribution in [2.24, 2.45) is 23.2 Å². The van der Waals surface area contributed by atoms with Crippen LogP contribution in [0.5, 0.6) is 5.75 Å². The lowest BCUT2D eigenvalue weighted by atomic mass is 9.49. The van der Waals surface area contributed by atoms with E-state index >= 15 is 0 Å². The fraction of sp³-hybridized carbons (Fsp3) is 0.565.